The van der Waals surface area contributed by atoms with Crippen molar-refractivity contribution >= 4 is 56.1 Å². The summed E-state index contributed by atoms with van der Waals surface area (Å²) in [6.45, 7) is 9.26. The highest BCUT2D eigenvalue weighted by molar-refractivity contribution is 9.09. The van der Waals surface area contributed by atoms with E-state index in [9.17, 15) is 19.5 Å². The number of rotatable bonds is 17. The third-order valence-corrected chi connectivity index (χ3v) is 11.8. The van der Waals surface area contributed by atoms with Crippen LogP contribution in [0.3, 0.4) is 0 Å². The zero-order valence-corrected chi connectivity index (χ0v) is 32.2. The predicted molar refractivity (Wildman–Crippen MR) is 209 cm³/mol. The van der Waals surface area contributed by atoms with Gasteiger partial charge in [0.15, 0.2) is 0 Å². The minimum Gasteiger partial charge on any atom is -0.455 e. The number of alkyl halides is 1. The largest absolute Gasteiger partial charge is 0.455 e. The van der Waals surface area contributed by atoms with E-state index in [1.807, 2.05) is 67.6 Å². The average Bonchev–Trinajstić information content (AvgIpc) is 3.78. The van der Waals surface area contributed by atoms with Gasteiger partial charge >= 0.3 is 5.97 Å². The molecule has 9 atom stereocenters. The van der Waals surface area contributed by atoms with Crippen LogP contribution in [0.5, 0.6) is 0 Å². The highest BCUT2D eigenvalue weighted by atomic mass is 79.9. The number of ether oxygens (including phenoxy) is 3. The molecule has 3 aliphatic rings. The Labute approximate surface area is 324 Å². The summed E-state index contributed by atoms with van der Waals surface area (Å²) in [5.74, 6) is -3.96. The van der Waals surface area contributed by atoms with Crippen molar-refractivity contribution < 1.29 is 38.5 Å². The zero-order valence-electron chi connectivity index (χ0n) is 30.6. The molecule has 3 fully saturated rings. The molecule has 3 aromatic rings. The number of methoxy groups -OCH3 is 1. The van der Waals surface area contributed by atoms with Gasteiger partial charge in [-0.2, -0.15) is 0 Å². The summed E-state index contributed by atoms with van der Waals surface area (Å²) >= 11 is 3.75. The van der Waals surface area contributed by atoms with Gasteiger partial charge in [-0.15, -0.1) is 13.2 Å². The summed E-state index contributed by atoms with van der Waals surface area (Å²) in [5, 5.41) is 15.5. The van der Waals surface area contributed by atoms with Gasteiger partial charge in [0.25, 0.3) is 5.91 Å². The molecular weight excluding hydrogens is 754 g/mol. The van der Waals surface area contributed by atoms with Crippen LogP contribution in [0.15, 0.2) is 98.1 Å². The Morgan fingerprint density at radius 3 is 2.48 bits per heavy atom. The average molecular weight is 803 g/mol. The molecule has 11 nitrogen and oxygen atoms in total. The van der Waals surface area contributed by atoms with Crippen molar-refractivity contribution in [2.75, 3.05) is 31.8 Å². The smallest absolute Gasteiger partial charge is 0.313 e. The number of allylic oxidation sites excluding steroid dienone is 1. The topological polar surface area (TPSA) is 135 Å². The maximum atomic E-state index is 15.1. The molecule has 0 aliphatic carbocycles. The lowest BCUT2D eigenvalue weighted by atomic mass is 9.70. The number of likely N-dealkylation sites (tertiary alicyclic amines) is 1. The van der Waals surface area contributed by atoms with Gasteiger partial charge in [0, 0.05) is 30.6 Å². The molecule has 2 bridgehead atoms. The standard InChI is InChI=1S/C42H48BrN3O8/c1-5-8-18-33(48)44-32(25-52-4)36(27-15-10-9-11-16-27)53-41(51)34-35-39(49)46(29(7-3)24-47)38(42(35)23-31(43)37(34)54-42)40(50)45(21-6-2)30-20-19-26-14-12-13-17-28(26)22-30/h5-6,9-17,19-20,22,29,31-32,34-38,47H,1-2,7-8,18,21,23-25H2,3-4H3,(H,44,48)/t29-,31?,32+,34-,35+,36+,37-,38-,42+/m0/s1. The second-order valence-corrected chi connectivity index (χ2v) is 15.3. The Morgan fingerprint density at radius 1 is 1.09 bits per heavy atom. The van der Waals surface area contributed by atoms with Crippen molar-refractivity contribution in [2.45, 2.75) is 73.4 Å². The molecular formula is C42H48BrN3O8. The van der Waals surface area contributed by atoms with Crippen molar-refractivity contribution in [2.24, 2.45) is 11.8 Å². The van der Waals surface area contributed by atoms with Crippen molar-refractivity contribution in [3.63, 3.8) is 0 Å². The lowest BCUT2D eigenvalue weighted by Gasteiger charge is -2.39. The first-order chi connectivity index (χ1) is 26.1. The summed E-state index contributed by atoms with van der Waals surface area (Å²) < 4.78 is 18.6. The lowest BCUT2D eigenvalue weighted by Crippen LogP contribution is -2.59. The molecule has 1 unspecified atom stereocenters. The van der Waals surface area contributed by atoms with Crippen molar-refractivity contribution in [3.05, 3.63) is 104 Å². The maximum Gasteiger partial charge on any atom is 0.313 e. The van der Waals surface area contributed by atoms with Gasteiger partial charge in [0.2, 0.25) is 11.8 Å². The fourth-order valence-electron chi connectivity index (χ4n) is 8.49. The monoisotopic (exact) mass is 801 g/mol. The van der Waals surface area contributed by atoms with Crippen LogP contribution in [0, 0.1) is 11.8 Å². The van der Waals surface area contributed by atoms with E-state index >= 15 is 4.79 Å². The van der Waals surface area contributed by atoms with Crippen LogP contribution in [0.25, 0.3) is 10.8 Å². The molecule has 3 saturated heterocycles. The number of benzene rings is 3. The quantitative estimate of drug-likeness (QED) is 0.107. The number of esters is 1. The molecule has 3 aliphatic heterocycles. The summed E-state index contributed by atoms with van der Waals surface area (Å²) in [6, 6.07) is 20.0. The van der Waals surface area contributed by atoms with E-state index in [4.69, 9.17) is 14.2 Å². The van der Waals surface area contributed by atoms with Gasteiger partial charge in [-0.05, 0) is 47.7 Å². The highest BCUT2D eigenvalue weighted by Crippen LogP contribution is 2.61. The summed E-state index contributed by atoms with van der Waals surface area (Å²) in [7, 11) is 1.50. The zero-order chi connectivity index (χ0) is 38.6. The maximum absolute atomic E-state index is 15.1. The molecule has 0 saturated carbocycles. The molecule has 1 spiro atoms. The summed E-state index contributed by atoms with van der Waals surface area (Å²) in [4.78, 5) is 60.2. The van der Waals surface area contributed by atoms with Gasteiger partial charge in [0.1, 0.15) is 17.7 Å². The predicted octanol–water partition coefficient (Wildman–Crippen LogP) is 5.26. The Balaban J connectivity index is 1.39. The molecule has 2 N–H and O–H groups in total. The van der Waals surface area contributed by atoms with Crippen LogP contribution in [0.4, 0.5) is 5.69 Å². The van der Waals surface area contributed by atoms with Gasteiger partial charge < -0.3 is 34.4 Å². The third-order valence-electron chi connectivity index (χ3n) is 10.9. The molecule has 54 heavy (non-hydrogen) atoms. The molecule has 286 valence electrons. The third kappa shape index (κ3) is 7.24. The van der Waals surface area contributed by atoms with Gasteiger partial charge in [-0.1, -0.05) is 95.7 Å². The van der Waals surface area contributed by atoms with E-state index < -0.39 is 65.6 Å². The van der Waals surface area contributed by atoms with Crippen LogP contribution in [-0.2, 0) is 33.4 Å². The normalized spacial score (nSPS) is 25.8. The molecule has 6 rings (SSSR count). The van der Waals surface area contributed by atoms with Crippen molar-refractivity contribution in [1.82, 2.24) is 10.2 Å². The van der Waals surface area contributed by atoms with E-state index in [0.717, 1.165) is 10.8 Å². The summed E-state index contributed by atoms with van der Waals surface area (Å²) in [6.07, 6.45) is 2.82. The van der Waals surface area contributed by atoms with Crippen LogP contribution >= 0.6 is 15.9 Å². The molecule has 3 heterocycles. The fraction of sp³-hybridized carbons (Fsp3) is 0.429. The Kier molecular flexibility index (Phi) is 12.4. The fourth-order valence-corrected chi connectivity index (χ4v) is 9.44. The van der Waals surface area contributed by atoms with Gasteiger partial charge in [-0.25, -0.2) is 0 Å². The van der Waals surface area contributed by atoms with Crippen LogP contribution in [0.1, 0.15) is 44.3 Å². The highest BCUT2D eigenvalue weighted by Gasteiger charge is 2.77. The second-order valence-electron chi connectivity index (χ2n) is 14.1. The molecule has 0 aromatic heterocycles. The first-order valence-corrected chi connectivity index (χ1v) is 19.4. The number of anilines is 1. The summed E-state index contributed by atoms with van der Waals surface area (Å²) in [5.41, 5.74) is -0.157. The van der Waals surface area contributed by atoms with Crippen molar-refractivity contribution in [1.29, 1.82) is 0 Å². The molecule has 3 aromatic carbocycles. The number of nitrogens with zero attached hydrogens (tertiary/aromatic N) is 2. The van der Waals surface area contributed by atoms with Crippen molar-refractivity contribution in [3.8, 4) is 0 Å². The van der Waals surface area contributed by atoms with E-state index in [1.165, 1.54) is 12.0 Å². The molecule has 0 radical (unpaired) electrons. The number of carbonyl (C=O) groups is 4. The Bertz CT molecular complexity index is 1870. The molecule has 12 heteroatoms. The number of aliphatic hydroxyl groups excluding tert-OH is 1. The number of hydrogen-bond donors (Lipinski definition) is 2. The minimum absolute atomic E-state index is 0.0393. The van der Waals surface area contributed by atoms with Crippen LogP contribution in [0.2, 0.25) is 0 Å². The number of halogens is 1. The van der Waals surface area contributed by atoms with E-state index in [0.29, 0.717) is 24.1 Å². The van der Waals surface area contributed by atoms with E-state index in [1.54, 1.807) is 29.2 Å². The van der Waals surface area contributed by atoms with Crippen LogP contribution < -0.4 is 10.2 Å². The first-order valence-electron chi connectivity index (χ1n) is 18.4. The Morgan fingerprint density at radius 2 is 1.81 bits per heavy atom. The number of carbonyl (C=O) groups excluding carboxylic acids is 4. The van der Waals surface area contributed by atoms with Crippen LogP contribution in [-0.4, -0.2) is 95.2 Å². The Hall–Kier alpha value is -4.36. The number of amides is 3. The van der Waals surface area contributed by atoms with E-state index in [2.05, 4.69) is 34.4 Å². The first kappa shape index (κ1) is 39.3. The van der Waals surface area contributed by atoms with Gasteiger partial charge in [0.05, 0.1) is 43.2 Å². The number of aliphatic hydroxyl groups is 1. The minimum atomic E-state index is -1.40. The number of hydrogen-bond acceptors (Lipinski definition) is 8. The molecule has 3 amide bonds. The SMILES string of the molecule is C=CCCC(=O)N[C@H](COC)[C@H](OC(=O)[C@@H]1[C@H]2O[C@@]3(CC2Br)[C@H](C(=O)N(CC=C)c2ccc4ccccc4c2)N([C@@H](CC)CO)C(=O)[C@@H]13)c1ccccc1. The van der Waals surface area contributed by atoms with E-state index in [-0.39, 0.29) is 43.3 Å². The lowest BCUT2D eigenvalue weighted by molar-refractivity contribution is -0.163. The van der Waals surface area contributed by atoms with Gasteiger partial charge in [-0.3, -0.25) is 19.2 Å². The number of nitrogens with one attached hydrogen (secondary N) is 1. The number of fused-ring (bicyclic) bond motifs is 2. The second kappa shape index (κ2) is 17.0.